The van der Waals surface area contributed by atoms with E-state index in [1.165, 1.54) is 4.90 Å². The van der Waals surface area contributed by atoms with Crippen LogP contribution in [0.25, 0.3) is 0 Å². The molecule has 5 N–H and O–H groups in total. The first-order valence-corrected chi connectivity index (χ1v) is 6.15. The Bertz CT molecular complexity index is 617. The predicted molar refractivity (Wildman–Crippen MR) is 73.1 cm³/mol. The third kappa shape index (κ3) is 2.24. The molecule has 1 fully saturated rings. The predicted octanol–water partition coefficient (Wildman–Crippen LogP) is 2.09. The fourth-order valence-corrected chi connectivity index (χ4v) is 2.08. The number of nitrogens with one attached hydrogen (secondary N) is 1. The summed E-state index contributed by atoms with van der Waals surface area (Å²) in [4.78, 5) is 13.0. The molecule has 6 heteroatoms. The molecule has 1 saturated carbocycles. The van der Waals surface area contributed by atoms with E-state index in [9.17, 15) is 4.79 Å². The number of anilines is 3. The van der Waals surface area contributed by atoms with Crippen molar-refractivity contribution in [2.45, 2.75) is 18.8 Å². The van der Waals surface area contributed by atoms with Crippen molar-refractivity contribution in [2.24, 2.45) is 5.73 Å². The Kier molecular flexibility index (Phi) is 2.63. The third-order valence-electron chi connectivity index (χ3n) is 3.17. The number of nitrogen functional groups attached to an aromatic ring is 1. The van der Waals surface area contributed by atoms with Gasteiger partial charge in [0, 0.05) is 17.7 Å². The van der Waals surface area contributed by atoms with Crippen LogP contribution >= 0.6 is 0 Å². The summed E-state index contributed by atoms with van der Waals surface area (Å²) in [6.07, 6.45) is 2.30. The summed E-state index contributed by atoms with van der Waals surface area (Å²) in [7, 11) is 0. The van der Waals surface area contributed by atoms with Crippen molar-refractivity contribution >= 4 is 23.2 Å². The molecular weight excluding hydrogens is 242 g/mol. The number of amides is 2. The quantitative estimate of drug-likeness (QED) is 0.734. The van der Waals surface area contributed by atoms with Gasteiger partial charge >= 0.3 is 6.03 Å². The molecule has 3 rings (SSSR count). The number of hydrogen-bond donors (Lipinski definition) is 3. The van der Waals surface area contributed by atoms with E-state index in [0.29, 0.717) is 23.1 Å². The largest absolute Gasteiger partial charge is 0.399 e. The number of aromatic amines is 1. The number of H-pyrrole nitrogens is 1. The standard InChI is InChI=1S/C13H15N5O/c14-9-2-1-3-10(6-9)18(13(15)19)12-7-11(16-17-12)8-4-5-8/h1-3,6-8H,4-5,14H2,(H2,15,19)(H,16,17). The summed E-state index contributed by atoms with van der Waals surface area (Å²) in [5.74, 6) is 1.08. The topological polar surface area (TPSA) is 101 Å². The molecular formula is C13H15N5O. The van der Waals surface area contributed by atoms with E-state index in [1.54, 1.807) is 24.3 Å². The number of primary amides is 1. The maximum absolute atomic E-state index is 11.7. The van der Waals surface area contributed by atoms with E-state index in [0.717, 1.165) is 18.5 Å². The second kappa shape index (κ2) is 4.31. The molecule has 6 nitrogen and oxygen atoms in total. The summed E-state index contributed by atoms with van der Waals surface area (Å²) in [6, 6.07) is 8.30. The Morgan fingerprint density at radius 2 is 2.16 bits per heavy atom. The minimum atomic E-state index is -0.573. The van der Waals surface area contributed by atoms with Crippen molar-refractivity contribution < 1.29 is 4.79 Å². The number of hydrogen-bond acceptors (Lipinski definition) is 3. The van der Waals surface area contributed by atoms with Crippen LogP contribution in [0.2, 0.25) is 0 Å². The molecule has 0 atom stereocenters. The van der Waals surface area contributed by atoms with E-state index in [-0.39, 0.29) is 0 Å². The maximum atomic E-state index is 11.7. The Morgan fingerprint density at radius 3 is 2.79 bits per heavy atom. The minimum Gasteiger partial charge on any atom is -0.399 e. The first-order chi connectivity index (χ1) is 9.15. The molecule has 0 saturated heterocycles. The average Bonchev–Trinajstić information content (AvgIpc) is 3.10. The summed E-state index contributed by atoms with van der Waals surface area (Å²) >= 11 is 0. The van der Waals surface area contributed by atoms with Crippen molar-refractivity contribution in [3.8, 4) is 0 Å². The molecule has 0 aliphatic heterocycles. The van der Waals surface area contributed by atoms with E-state index in [1.807, 2.05) is 6.07 Å². The van der Waals surface area contributed by atoms with Crippen LogP contribution < -0.4 is 16.4 Å². The van der Waals surface area contributed by atoms with Gasteiger partial charge in [0.05, 0.1) is 11.4 Å². The Morgan fingerprint density at radius 1 is 1.37 bits per heavy atom. The SMILES string of the molecule is NC(=O)N(c1cccc(N)c1)c1cc(C2CC2)n[nH]1. The van der Waals surface area contributed by atoms with Gasteiger partial charge in [0.15, 0.2) is 0 Å². The summed E-state index contributed by atoms with van der Waals surface area (Å²) in [5, 5.41) is 7.08. The van der Waals surface area contributed by atoms with Gasteiger partial charge in [-0.25, -0.2) is 9.69 Å². The van der Waals surface area contributed by atoms with Crippen molar-refractivity contribution in [1.29, 1.82) is 0 Å². The van der Waals surface area contributed by atoms with E-state index in [4.69, 9.17) is 11.5 Å². The Labute approximate surface area is 110 Å². The van der Waals surface area contributed by atoms with Crippen molar-refractivity contribution in [2.75, 3.05) is 10.6 Å². The lowest BCUT2D eigenvalue weighted by Crippen LogP contribution is -2.31. The second-order valence-electron chi connectivity index (χ2n) is 4.72. The number of aromatic nitrogens is 2. The highest BCUT2D eigenvalue weighted by Gasteiger charge is 2.27. The van der Waals surface area contributed by atoms with Crippen LogP contribution in [0.15, 0.2) is 30.3 Å². The van der Waals surface area contributed by atoms with Crippen LogP contribution in [0.3, 0.4) is 0 Å². The first kappa shape index (κ1) is 11.6. The molecule has 1 aromatic carbocycles. The molecule has 1 aromatic heterocycles. The molecule has 2 aromatic rings. The molecule has 0 radical (unpaired) electrons. The fraction of sp³-hybridized carbons (Fsp3) is 0.231. The van der Waals surface area contributed by atoms with Gasteiger partial charge in [-0.05, 0) is 31.0 Å². The van der Waals surface area contributed by atoms with Gasteiger partial charge in [0.25, 0.3) is 0 Å². The lowest BCUT2D eigenvalue weighted by atomic mass is 10.2. The first-order valence-electron chi connectivity index (χ1n) is 6.15. The third-order valence-corrected chi connectivity index (χ3v) is 3.17. The van der Waals surface area contributed by atoms with Crippen LogP contribution in [0.1, 0.15) is 24.5 Å². The number of urea groups is 1. The highest BCUT2D eigenvalue weighted by Crippen LogP contribution is 2.40. The van der Waals surface area contributed by atoms with Crippen molar-refractivity contribution in [3.63, 3.8) is 0 Å². The number of nitrogens with two attached hydrogens (primary N) is 2. The molecule has 1 aliphatic carbocycles. The van der Waals surface area contributed by atoms with Crippen LogP contribution in [0, 0.1) is 0 Å². The second-order valence-corrected chi connectivity index (χ2v) is 4.72. The van der Waals surface area contributed by atoms with Crippen molar-refractivity contribution in [3.05, 3.63) is 36.0 Å². The molecule has 0 bridgehead atoms. The van der Waals surface area contributed by atoms with E-state index >= 15 is 0 Å². The van der Waals surface area contributed by atoms with Gasteiger partial charge < -0.3 is 11.5 Å². The van der Waals surface area contributed by atoms with Gasteiger partial charge in [-0.3, -0.25) is 5.10 Å². The van der Waals surface area contributed by atoms with Gasteiger partial charge in [-0.1, -0.05) is 6.07 Å². The zero-order chi connectivity index (χ0) is 13.4. The monoisotopic (exact) mass is 257 g/mol. The molecule has 2 amide bonds. The number of carbonyl (C=O) groups excluding carboxylic acids is 1. The Balaban J connectivity index is 1.97. The zero-order valence-electron chi connectivity index (χ0n) is 10.3. The highest BCUT2D eigenvalue weighted by molar-refractivity contribution is 5.97. The number of carbonyl (C=O) groups is 1. The van der Waals surface area contributed by atoms with Crippen molar-refractivity contribution in [1.82, 2.24) is 10.2 Å². The molecule has 19 heavy (non-hydrogen) atoms. The average molecular weight is 257 g/mol. The highest BCUT2D eigenvalue weighted by atomic mass is 16.2. The molecule has 98 valence electrons. The van der Waals surface area contributed by atoms with Gasteiger partial charge in [0.2, 0.25) is 0 Å². The maximum Gasteiger partial charge on any atom is 0.325 e. The van der Waals surface area contributed by atoms with Gasteiger partial charge in [0.1, 0.15) is 5.82 Å². The fourth-order valence-electron chi connectivity index (χ4n) is 2.08. The normalized spacial score (nSPS) is 14.3. The number of nitrogens with zero attached hydrogens (tertiary/aromatic N) is 2. The Hall–Kier alpha value is -2.50. The summed E-state index contributed by atoms with van der Waals surface area (Å²) < 4.78 is 0. The van der Waals surface area contributed by atoms with E-state index in [2.05, 4.69) is 10.2 Å². The minimum absolute atomic E-state index is 0.514. The smallest absolute Gasteiger partial charge is 0.325 e. The molecule has 1 heterocycles. The zero-order valence-corrected chi connectivity index (χ0v) is 10.3. The van der Waals surface area contributed by atoms with Crippen LogP contribution in [-0.4, -0.2) is 16.2 Å². The lowest BCUT2D eigenvalue weighted by molar-refractivity contribution is 0.256. The number of rotatable bonds is 3. The van der Waals surface area contributed by atoms with Crippen LogP contribution in [0.4, 0.5) is 22.0 Å². The lowest BCUT2D eigenvalue weighted by Gasteiger charge is -2.18. The molecule has 1 aliphatic rings. The van der Waals surface area contributed by atoms with Gasteiger partial charge in [-0.2, -0.15) is 5.10 Å². The van der Waals surface area contributed by atoms with Gasteiger partial charge in [-0.15, -0.1) is 0 Å². The van der Waals surface area contributed by atoms with E-state index < -0.39 is 6.03 Å². The molecule has 0 spiro atoms. The number of benzene rings is 1. The summed E-state index contributed by atoms with van der Waals surface area (Å²) in [6.45, 7) is 0. The van der Waals surface area contributed by atoms with Crippen LogP contribution in [0.5, 0.6) is 0 Å². The summed E-state index contributed by atoms with van der Waals surface area (Å²) in [5.41, 5.74) is 13.4. The molecule has 0 unspecified atom stereocenters. The van der Waals surface area contributed by atoms with Crippen LogP contribution in [-0.2, 0) is 0 Å².